The number of nitro benzene ring substituents is 4. The molecule has 2 amide bonds. The van der Waals surface area contributed by atoms with Gasteiger partial charge >= 0.3 is 34.9 Å². The molecule has 0 saturated heterocycles. The summed E-state index contributed by atoms with van der Waals surface area (Å²) in [5, 5.41) is 47.8. The molecule has 1 N–H and O–H groups in total. The van der Waals surface area contributed by atoms with Gasteiger partial charge in [-0.15, -0.1) is 0 Å². The zero-order chi connectivity index (χ0) is 32.0. The Morgan fingerprint density at radius 2 is 1.07 bits per heavy atom. The summed E-state index contributed by atoms with van der Waals surface area (Å²) in [7, 11) is 1.50. The number of carbonyl (C=O) groups excluding carboxylic acids is 2. The number of carbonyl (C=O) groups is 2. The first-order valence-corrected chi connectivity index (χ1v) is 12.1. The van der Waals surface area contributed by atoms with Crippen LogP contribution >= 0.6 is 0 Å². The molecule has 0 aliphatic carbocycles. The van der Waals surface area contributed by atoms with Crippen molar-refractivity contribution in [1.29, 1.82) is 0 Å². The van der Waals surface area contributed by atoms with Crippen LogP contribution < -0.4 is 10.2 Å². The Balaban J connectivity index is 1.95. The van der Waals surface area contributed by atoms with E-state index in [0.29, 0.717) is 4.90 Å². The van der Waals surface area contributed by atoms with Gasteiger partial charge < -0.3 is 14.8 Å². The molecule has 0 aliphatic rings. The lowest BCUT2D eigenvalue weighted by Crippen LogP contribution is -2.39. The highest BCUT2D eigenvalue weighted by Crippen LogP contribution is 2.34. The van der Waals surface area contributed by atoms with E-state index < -0.39 is 66.8 Å². The minimum atomic E-state index is -1.30. The molecule has 18 heteroatoms. The molecule has 43 heavy (non-hydrogen) atoms. The first kappa shape index (κ1) is 31.3. The first-order chi connectivity index (χ1) is 20.3. The van der Waals surface area contributed by atoms with Crippen molar-refractivity contribution in [1.82, 2.24) is 0 Å². The Hall–Kier alpha value is -6.20. The predicted molar refractivity (Wildman–Crippen MR) is 148 cm³/mol. The Morgan fingerprint density at radius 3 is 1.44 bits per heavy atom. The number of ether oxygens (including phenoxy) is 2. The zero-order valence-corrected chi connectivity index (χ0v) is 22.6. The molecule has 0 spiro atoms. The van der Waals surface area contributed by atoms with Crippen LogP contribution in [-0.4, -0.2) is 38.9 Å². The molecule has 0 radical (unpaired) electrons. The number of hydrogen-bond donors (Lipinski definition) is 1. The van der Waals surface area contributed by atoms with E-state index in [9.17, 15) is 50.0 Å². The van der Waals surface area contributed by atoms with E-state index in [-0.39, 0.29) is 22.5 Å². The lowest BCUT2D eigenvalue weighted by atomic mass is 10.1. The van der Waals surface area contributed by atoms with Gasteiger partial charge in [-0.2, -0.15) is 4.90 Å². The molecule has 3 rings (SSSR count). The molecule has 3 aromatic carbocycles. The van der Waals surface area contributed by atoms with Gasteiger partial charge in [0.25, 0.3) is 0 Å². The first-order valence-electron chi connectivity index (χ1n) is 12.1. The molecular weight excluding hydrogens is 576 g/mol. The minimum absolute atomic E-state index is 0.00688. The maximum absolute atomic E-state index is 13.4. The minimum Gasteiger partial charge on any atom is -0.441 e. The highest BCUT2D eigenvalue weighted by molar-refractivity contribution is 6.11. The largest absolute Gasteiger partial charge is 0.441 e. The van der Waals surface area contributed by atoms with E-state index in [2.05, 4.69) is 5.32 Å². The van der Waals surface area contributed by atoms with Crippen molar-refractivity contribution in [3.05, 3.63) is 112 Å². The Bertz CT molecular complexity index is 1530. The molecule has 0 fully saturated rings. The van der Waals surface area contributed by atoms with Crippen molar-refractivity contribution in [2.45, 2.75) is 26.1 Å². The van der Waals surface area contributed by atoms with Crippen LogP contribution in [-0.2, 0) is 9.47 Å². The van der Waals surface area contributed by atoms with Crippen LogP contribution in [0.3, 0.4) is 0 Å². The van der Waals surface area contributed by atoms with Crippen molar-refractivity contribution in [2.24, 2.45) is 0 Å². The van der Waals surface area contributed by atoms with Crippen molar-refractivity contribution in [3.8, 4) is 0 Å². The molecule has 2 unspecified atom stereocenters. The summed E-state index contributed by atoms with van der Waals surface area (Å²) >= 11 is 0. The van der Waals surface area contributed by atoms with Gasteiger partial charge in [0.05, 0.1) is 31.1 Å². The second-order valence-electron chi connectivity index (χ2n) is 8.68. The smallest absolute Gasteiger partial charge is 0.424 e. The maximum Gasteiger partial charge on any atom is 0.424 e. The van der Waals surface area contributed by atoms with E-state index in [0.717, 1.165) is 36.4 Å². The van der Waals surface area contributed by atoms with Crippen LogP contribution in [0.15, 0.2) is 60.7 Å². The average Bonchev–Trinajstić information content (AvgIpc) is 2.96. The van der Waals surface area contributed by atoms with Gasteiger partial charge in [0.1, 0.15) is 12.2 Å². The number of nitro groups is 4. The van der Waals surface area contributed by atoms with Gasteiger partial charge in [0.2, 0.25) is 0 Å². The molecular formula is C25H22N6O12. The number of imide groups is 1. The van der Waals surface area contributed by atoms with Crippen LogP contribution in [0.2, 0.25) is 0 Å². The number of nitrogens with zero attached hydrogens (tertiary/aromatic N) is 5. The fraction of sp³-hybridized carbons (Fsp3) is 0.200. The molecule has 18 nitrogen and oxygen atoms in total. The molecule has 0 bridgehead atoms. The van der Waals surface area contributed by atoms with Crippen molar-refractivity contribution < 1.29 is 38.8 Å². The second kappa shape index (κ2) is 13.0. The Morgan fingerprint density at radius 1 is 0.674 bits per heavy atom. The summed E-state index contributed by atoms with van der Waals surface area (Å²) in [5.74, 6) is 0. The van der Waals surface area contributed by atoms with Gasteiger partial charge in [0.15, 0.2) is 0 Å². The normalized spacial score (nSPS) is 11.9. The van der Waals surface area contributed by atoms with Crippen molar-refractivity contribution >= 4 is 46.3 Å². The van der Waals surface area contributed by atoms with Gasteiger partial charge in [0, 0.05) is 31.3 Å². The fourth-order valence-corrected chi connectivity index (χ4v) is 3.88. The quantitative estimate of drug-likeness (QED) is 0.209. The Kier molecular flexibility index (Phi) is 9.46. The van der Waals surface area contributed by atoms with Gasteiger partial charge in [-0.05, 0) is 49.2 Å². The van der Waals surface area contributed by atoms with Crippen LogP contribution in [0.5, 0.6) is 0 Å². The number of amides is 2. The van der Waals surface area contributed by atoms with Gasteiger partial charge in [-0.25, -0.2) is 9.59 Å². The molecule has 0 aliphatic heterocycles. The highest BCUT2D eigenvalue weighted by atomic mass is 16.6. The number of para-hydroxylation sites is 2. The Labute approximate surface area is 241 Å². The predicted octanol–water partition coefficient (Wildman–Crippen LogP) is 5.96. The summed E-state index contributed by atoms with van der Waals surface area (Å²) in [6.45, 7) is 2.63. The van der Waals surface area contributed by atoms with E-state index in [1.165, 1.54) is 39.1 Å². The number of benzene rings is 3. The lowest BCUT2D eigenvalue weighted by molar-refractivity contribution is -0.422. The fourth-order valence-electron chi connectivity index (χ4n) is 3.88. The lowest BCUT2D eigenvalue weighted by Gasteiger charge is -2.25. The average molecular weight is 598 g/mol. The third-order valence-electron chi connectivity index (χ3n) is 6.06. The molecule has 3 aromatic rings. The molecule has 2 atom stereocenters. The van der Waals surface area contributed by atoms with E-state index in [1.807, 2.05) is 0 Å². The number of hydrogen-bond acceptors (Lipinski definition) is 13. The molecule has 224 valence electrons. The summed E-state index contributed by atoms with van der Waals surface area (Å²) in [5.41, 5.74) is -2.99. The van der Waals surface area contributed by atoms with E-state index >= 15 is 0 Å². The topological polar surface area (TPSA) is 240 Å². The molecule has 0 saturated carbocycles. The van der Waals surface area contributed by atoms with Crippen LogP contribution in [0, 0.1) is 40.5 Å². The maximum atomic E-state index is 13.4. The summed E-state index contributed by atoms with van der Waals surface area (Å²) in [4.78, 5) is 68.4. The van der Waals surface area contributed by atoms with E-state index in [1.54, 1.807) is 6.07 Å². The summed E-state index contributed by atoms with van der Waals surface area (Å²) < 4.78 is 10.8. The van der Waals surface area contributed by atoms with Gasteiger partial charge in [-0.3, -0.25) is 40.5 Å². The zero-order valence-electron chi connectivity index (χ0n) is 22.6. The second-order valence-corrected chi connectivity index (χ2v) is 8.68. The SMILES string of the molecule is CNc1ccccc1N(C(=O)OC(C)c1ccc([N+](=O)[O-])c([N+](=O)[O-])c1)C(=O)OC(C)c1ccc([N+](=O)[O-])c([N+](=O)[O-])c1. The van der Waals surface area contributed by atoms with Crippen LogP contribution in [0.25, 0.3) is 0 Å². The van der Waals surface area contributed by atoms with Crippen molar-refractivity contribution in [3.63, 3.8) is 0 Å². The molecule has 0 heterocycles. The highest BCUT2D eigenvalue weighted by Gasteiger charge is 2.33. The van der Waals surface area contributed by atoms with Crippen LogP contribution in [0.4, 0.5) is 43.7 Å². The van der Waals surface area contributed by atoms with Gasteiger partial charge in [-0.1, -0.05) is 12.1 Å². The number of nitrogens with one attached hydrogen (secondary N) is 1. The monoisotopic (exact) mass is 598 g/mol. The number of rotatable bonds is 10. The number of anilines is 2. The summed E-state index contributed by atoms with van der Waals surface area (Å²) in [6, 6.07) is 11.8. The van der Waals surface area contributed by atoms with E-state index in [4.69, 9.17) is 9.47 Å². The molecule has 0 aromatic heterocycles. The summed E-state index contributed by atoms with van der Waals surface area (Å²) in [6.07, 6.45) is -5.11. The van der Waals surface area contributed by atoms with Crippen LogP contribution in [0.1, 0.15) is 37.2 Å². The standard InChI is InChI=1S/C25H22N6O12/c1-14(16-8-10-20(28(34)35)22(12-16)30(38)39)42-24(32)27(19-7-5-4-6-18(19)26-3)25(33)43-15(2)17-9-11-21(29(36)37)23(13-17)31(40)41/h4-15,26H,1-3H3. The third kappa shape index (κ3) is 6.93. The third-order valence-corrected chi connectivity index (χ3v) is 6.06. The van der Waals surface area contributed by atoms with Crippen molar-refractivity contribution in [2.75, 3.05) is 17.3 Å².